The number of anilines is 1. The Kier molecular flexibility index (Phi) is 3.64. The highest BCUT2D eigenvalue weighted by molar-refractivity contribution is 7.16. The van der Waals surface area contributed by atoms with Gasteiger partial charge in [0.15, 0.2) is 5.13 Å². The highest BCUT2D eigenvalue weighted by Gasteiger charge is 2.12. The summed E-state index contributed by atoms with van der Waals surface area (Å²) < 4.78 is 5.58. The van der Waals surface area contributed by atoms with Gasteiger partial charge in [-0.3, -0.25) is 5.41 Å². The van der Waals surface area contributed by atoms with E-state index < -0.39 is 0 Å². The van der Waals surface area contributed by atoms with E-state index in [2.05, 4.69) is 9.98 Å². The fourth-order valence-corrected chi connectivity index (χ4v) is 2.85. The molecule has 0 unspecified atom stereocenters. The van der Waals surface area contributed by atoms with Crippen molar-refractivity contribution in [3.63, 3.8) is 0 Å². The Bertz CT molecular complexity index is 899. The van der Waals surface area contributed by atoms with Gasteiger partial charge in [-0.2, -0.15) is 4.98 Å². The quantitative estimate of drug-likeness (QED) is 0.793. The zero-order chi connectivity index (χ0) is 15.7. The third kappa shape index (κ3) is 2.71. The van der Waals surface area contributed by atoms with Gasteiger partial charge in [0.05, 0.1) is 16.8 Å². The van der Waals surface area contributed by atoms with Crippen LogP contribution in [0.25, 0.3) is 11.8 Å². The van der Waals surface area contributed by atoms with E-state index in [-0.39, 0.29) is 11.7 Å². The molecule has 2 aromatic rings. The molecule has 1 aliphatic rings. The first-order chi connectivity index (χ1) is 10.6. The third-order valence-corrected chi connectivity index (χ3v) is 3.86. The van der Waals surface area contributed by atoms with Crippen LogP contribution >= 0.6 is 11.3 Å². The molecule has 0 bridgehead atoms. The summed E-state index contributed by atoms with van der Waals surface area (Å²) in [5, 5.41) is 19.3. The highest BCUT2D eigenvalue weighted by atomic mass is 32.1. The summed E-state index contributed by atoms with van der Waals surface area (Å²) in [6, 6.07) is 5.59. The van der Waals surface area contributed by atoms with Gasteiger partial charge in [-0.25, -0.2) is 4.99 Å². The zero-order valence-corrected chi connectivity index (χ0v) is 12.6. The number of nitrogens with one attached hydrogen (secondary N) is 1. The largest absolute Gasteiger partial charge is 0.493 e. The van der Waals surface area contributed by atoms with Gasteiger partial charge in [-0.15, -0.1) is 0 Å². The molecule has 0 fully saturated rings. The van der Waals surface area contributed by atoms with Crippen molar-refractivity contribution >= 4 is 34.1 Å². The summed E-state index contributed by atoms with van der Waals surface area (Å²) in [5.74, 6) is 0.716. The number of nitrogens with zero attached hydrogens (tertiary/aromatic N) is 2. The van der Waals surface area contributed by atoms with Gasteiger partial charge in [0, 0.05) is 11.6 Å². The first kappa shape index (κ1) is 14.3. The van der Waals surface area contributed by atoms with Crippen LogP contribution in [0.5, 0.6) is 5.88 Å². The van der Waals surface area contributed by atoms with Crippen LogP contribution in [0.3, 0.4) is 0 Å². The maximum atomic E-state index is 9.71. The molecule has 0 aliphatic carbocycles. The third-order valence-electron chi connectivity index (χ3n) is 3.04. The predicted octanol–water partition coefficient (Wildman–Crippen LogP) is 1.25. The number of benzene rings is 1. The van der Waals surface area contributed by atoms with Gasteiger partial charge < -0.3 is 15.6 Å². The fraction of sp³-hybridized carbons (Fsp3) is 0.133. The second-order valence-electron chi connectivity index (χ2n) is 4.60. The van der Waals surface area contributed by atoms with Crippen molar-refractivity contribution < 1.29 is 9.84 Å². The Morgan fingerprint density at radius 3 is 2.95 bits per heavy atom. The molecular formula is C15H14N4O2S. The van der Waals surface area contributed by atoms with E-state index in [1.807, 2.05) is 25.1 Å². The van der Waals surface area contributed by atoms with Crippen LogP contribution < -0.4 is 16.3 Å². The molecule has 0 amide bonds. The molecule has 4 N–H and O–H groups in total. The molecule has 0 atom stereocenters. The molecule has 0 spiro atoms. The first-order valence-corrected chi connectivity index (χ1v) is 7.47. The van der Waals surface area contributed by atoms with Gasteiger partial charge in [-0.05, 0) is 30.4 Å². The Morgan fingerprint density at radius 2 is 2.27 bits per heavy atom. The molecule has 112 valence electrons. The van der Waals surface area contributed by atoms with E-state index in [0.29, 0.717) is 27.7 Å². The normalized spacial score (nSPS) is 14.3. The molecule has 6 nitrogen and oxygen atoms in total. The summed E-state index contributed by atoms with van der Waals surface area (Å²) in [6.45, 7) is 2.41. The SMILES string of the molecule is CCOC1=CC(=N)N=c2cc/c(=C\c3sc(N)nc3O)cc21. The first-order valence-electron chi connectivity index (χ1n) is 6.66. The number of hydrogen-bond acceptors (Lipinski definition) is 6. The van der Waals surface area contributed by atoms with Gasteiger partial charge in [0.25, 0.3) is 0 Å². The zero-order valence-electron chi connectivity index (χ0n) is 11.8. The minimum absolute atomic E-state index is 0.0766. The Morgan fingerprint density at radius 1 is 1.45 bits per heavy atom. The Balaban J connectivity index is 2.13. The molecular weight excluding hydrogens is 300 g/mol. The van der Waals surface area contributed by atoms with Crippen LogP contribution in [0.2, 0.25) is 0 Å². The Hall–Kier alpha value is -2.67. The maximum absolute atomic E-state index is 9.71. The predicted molar refractivity (Wildman–Crippen MR) is 86.3 cm³/mol. The van der Waals surface area contributed by atoms with Crippen LogP contribution in [-0.4, -0.2) is 22.5 Å². The van der Waals surface area contributed by atoms with Crippen molar-refractivity contribution in [1.82, 2.24) is 4.98 Å². The number of ether oxygens (including phenoxy) is 1. The average Bonchev–Trinajstić information content (AvgIpc) is 2.77. The number of amidine groups is 1. The molecule has 3 rings (SSSR count). The lowest BCUT2D eigenvalue weighted by atomic mass is 10.1. The molecule has 7 heteroatoms. The van der Waals surface area contributed by atoms with Gasteiger partial charge in [0.2, 0.25) is 5.88 Å². The van der Waals surface area contributed by atoms with Crippen LogP contribution in [0.4, 0.5) is 5.13 Å². The van der Waals surface area contributed by atoms with Crippen molar-refractivity contribution in [2.75, 3.05) is 12.3 Å². The van der Waals surface area contributed by atoms with Crippen molar-refractivity contribution in [2.24, 2.45) is 4.99 Å². The van der Waals surface area contributed by atoms with Crippen molar-refractivity contribution in [3.8, 4) is 5.88 Å². The van der Waals surface area contributed by atoms with Gasteiger partial charge in [0.1, 0.15) is 11.6 Å². The van der Waals surface area contributed by atoms with E-state index in [1.54, 1.807) is 12.2 Å². The highest BCUT2D eigenvalue weighted by Crippen LogP contribution is 2.26. The van der Waals surface area contributed by atoms with E-state index in [1.165, 1.54) is 11.3 Å². The molecule has 1 aliphatic heterocycles. The van der Waals surface area contributed by atoms with E-state index in [4.69, 9.17) is 15.9 Å². The van der Waals surface area contributed by atoms with Crippen molar-refractivity contribution in [3.05, 3.63) is 45.3 Å². The summed E-state index contributed by atoms with van der Waals surface area (Å²) in [5.41, 5.74) is 6.40. The maximum Gasteiger partial charge on any atom is 0.231 e. The van der Waals surface area contributed by atoms with Gasteiger partial charge >= 0.3 is 0 Å². The van der Waals surface area contributed by atoms with Crippen LogP contribution in [0.15, 0.2) is 29.3 Å². The fourth-order valence-electron chi connectivity index (χ4n) is 2.16. The minimum atomic E-state index is -0.0766. The van der Waals surface area contributed by atoms with Crippen molar-refractivity contribution in [2.45, 2.75) is 6.92 Å². The number of hydrogen-bond donors (Lipinski definition) is 3. The van der Waals surface area contributed by atoms with Crippen LogP contribution in [-0.2, 0) is 4.74 Å². The summed E-state index contributed by atoms with van der Waals surface area (Å²) in [7, 11) is 0. The number of thiazole rings is 1. The molecule has 1 aromatic heterocycles. The second-order valence-corrected chi connectivity index (χ2v) is 5.66. The molecule has 22 heavy (non-hydrogen) atoms. The molecule has 0 saturated heterocycles. The minimum Gasteiger partial charge on any atom is -0.493 e. The van der Waals surface area contributed by atoms with Crippen LogP contribution in [0, 0.1) is 5.41 Å². The topological polar surface area (TPSA) is 105 Å². The number of rotatable bonds is 3. The van der Waals surface area contributed by atoms with E-state index in [9.17, 15) is 5.11 Å². The summed E-state index contributed by atoms with van der Waals surface area (Å²) in [6.07, 6.45) is 3.39. The lowest BCUT2D eigenvalue weighted by Gasteiger charge is -2.12. The lowest BCUT2D eigenvalue weighted by Crippen LogP contribution is -2.20. The average molecular weight is 314 g/mol. The smallest absolute Gasteiger partial charge is 0.231 e. The molecule has 0 saturated carbocycles. The number of aromatic nitrogens is 1. The number of aromatic hydroxyl groups is 1. The van der Waals surface area contributed by atoms with Gasteiger partial charge in [-0.1, -0.05) is 17.4 Å². The van der Waals surface area contributed by atoms with Crippen LogP contribution in [0.1, 0.15) is 17.4 Å². The summed E-state index contributed by atoms with van der Waals surface area (Å²) >= 11 is 1.22. The molecule has 0 radical (unpaired) electrons. The Labute approximate surface area is 130 Å². The van der Waals surface area contributed by atoms with E-state index >= 15 is 0 Å². The van der Waals surface area contributed by atoms with E-state index in [0.717, 1.165) is 10.8 Å². The number of fused-ring (bicyclic) bond motifs is 1. The number of nitrogen functional groups attached to an aromatic ring is 1. The van der Waals surface area contributed by atoms with Crippen molar-refractivity contribution in [1.29, 1.82) is 5.41 Å². The standard InChI is InChI=1S/C15H14N4O2S/c1-2-21-11-7-13(16)18-10-4-3-8(5-9(10)11)6-12-14(20)19-15(17)22-12/h3-7,16,20H,2H2,1H3,(H2,17,19)/b8-6+,16-13?. The number of nitrogens with two attached hydrogens (primary N) is 1. The molecule has 1 aromatic carbocycles. The molecule has 2 heterocycles. The second kappa shape index (κ2) is 5.61. The lowest BCUT2D eigenvalue weighted by molar-refractivity contribution is 0.297. The summed E-state index contributed by atoms with van der Waals surface area (Å²) in [4.78, 5) is 8.57. The monoisotopic (exact) mass is 314 g/mol.